The molecule has 0 unspecified atom stereocenters. The van der Waals surface area contributed by atoms with Crippen molar-refractivity contribution in [3.8, 4) is 0 Å². The Hall–Kier alpha value is -1.42. The summed E-state index contributed by atoms with van der Waals surface area (Å²) in [6, 6.07) is 8.92. The van der Waals surface area contributed by atoms with E-state index >= 15 is 0 Å². The minimum absolute atomic E-state index is 0.181. The maximum absolute atomic E-state index is 13.5. The molecule has 1 fully saturated rings. The van der Waals surface area contributed by atoms with E-state index in [-0.39, 0.29) is 25.5 Å². The van der Waals surface area contributed by atoms with Gasteiger partial charge in [0.1, 0.15) is 18.3 Å². The second-order valence-corrected chi connectivity index (χ2v) is 4.64. The fourth-order valence-corrected chi connectivity index (χ4v) is 1.90. The lowest BCUT2D eigenvalue weighted by atomic mass is 10.1. The van der Waals surface area contributed by atoms with Gasteiger partial charge < -0.3 is 10.1 Å². The predicted molar refractivity (Wildman–Crippen MR) is 62.2 cm³/mol. The molecule has 0 amide bonds. The highest BCUT2D eigenvalue weighted by atomic mass is 19.1. The molecule has 4 heteroatoms. The summed E-state index contributed by atoms with van der Waals surface area (Å²) in [6.45, 7) is 1.93. The molecule has 2 rings (SSSR count). The van der Waals surface area contributed by atoms with Gasteiger partial charge in [0.25, 0.3) is 0 Å². The van der Waals surface area contributed by atoms with Crippen LogP contribution in [0.5, 0.6) is 0 Å². The SMILES string of the molecule is C[C@]1(F)CN[C@H](C(=O)OCc2ccccc2)C1. The monoisotopic (exact) mass is 237 g/mol. The quantitative estimate of drug-likeness (QED) is 0.815. The van der Waals surface area contributed by atoms with E-state index in [1.807, 2.05) is 30.3 Å². The highest BCUT2D eigenvalue weighted by Crippen LogP contribution is 2.23. The van der Waals surface area contributed by atoms with Gasteiger partial charge in [-0.3, -0.25) is 4.79 Å². The molecule has 92 valence electrons. The van der Waals surface area contributed by atoms with Gasteiger partial charge in [0.05, 0.1) is 0 Å². The molecular formula is C13H16FNO2. The molecule has 3 nitrogen and oxygen atoms in total. The Bertz CT molecular complexity index is 392. The third-order valence-corrected chi connectivity index (χ3v) is 2.86. The summed E-state index contributed by atoms with van der Waals surface area (Å²) in [5.74, 6) is -0.379. The van der Waals surface area contributed by atoms with Gasteiger partial charge in [0.15, 0.2) is 0 Å². The number of nitrogens with one attached hydrogen (secondary N) is 1. The molecule has 0 spiro atoms. The molecular weight excluding hydrogens is 221 g/mol. The van der Waals surface area contributed by atoms with Gasteiger partial charge in [-0.25, -0.2) is 4.39 Å². The topological polar surface area (TPSA) is 38.3 Å². The van der Waals surface area contributed by atoms with Crippen molar-refractivity contribution >= 4 is 5.97 Å². The Morgan fingerprint density at radius 2 is 2.24 bits per heavy atom. The van der Waals surface area contributed by atoms with Crippen molar-refractivity contribution in [3.05, 3.63) is 35.9 Å². The molecule has 0 aromatic heterocycles. The first kappa shape index (κ1) is 12.0. The molecule has 1 heterocycles. The molecule has 1 N–H and O–H groups in total. The van der Waals surface area contributed by atoms with Crippen LogP contribution >= 0.6 is 0 Å². The maximum atomic E-state index is 13.5. The Morgan fingerprint density at radius 1 is 1.53 bits per heavy atom. The fourth-order valence-electron chi connectivity index (χ4n) is 1.90. The van der Waals surface area contributed by atoms with Crippen LogP contribution in [-0.4, -0.2) is 24.2 Å². The summed E-state index contributed by atoms with van der Waals surface area (Å²) in [7, 11) is 0. The second kappa shape index (κ2) is 4.84. The minimum Gasteiger partial charge on any atom is -0.460 e. The fraction of sp³-hybridized carbons (Fsp3) is 0.462. The molecule has 1 aliphatic heterocycles. The van der Waals surface area contributed by atoms with Gasteiger partial charge in [0.2, 0.25) is 0 Å². The summed E-state index contributed by atoms with van der Waals surface area (Å²) in [6.07, 6.45) is 0.181. The van der Waals surface area contributed by atoms with Gasteiger partial charge in [-0.2, -0.15) is 0 Å². The van der Waals surface area contributed by atoms with Crippen LogP contribution in [0, 0.1) is 0 Å². The van der Waals surface area contributed by atoms with Crippen LogP contribution in [-0.2, 0) is 16.1 Å². The molecule has 2 atom stereocenters. The smallest absolute Gasteiger partial charge is 0.323 e. The number of hydrogen-bond donors (Lipinski definition) is 1. The van der Waals surface area contributed by atoms with E-state index in [9.17, 15) is 9.18 Å². The predicted octanol–water partition coefficient (Wildman–Crippen LogP) is 1.82. The molecule has 1 saturated heterocycles. The summed E-state index contributed by atoms with van der Waals surface area (Å²) >= 11 is 0. The molecule has 0 aliphatic carbocycles. The summed E-state index contributed by atoms with van der Waals surface area (Å²) < 4.78 is 18.7. The number of esters is 1. The third-order valence-electron chi connectivity index (χ3n) is 2.86. The van der Waals surface area contributed by atoms with Crippen molar-refractivity contribution in [3.63, 3.8) is 0 Å². The van der Waals surface area contributed by atoms with Gasteiger partial charge in [-0.1, -0.05) is 30.3 Å². The maximum Gasteiger partial charge on any atom is 0.323 e. The van der Waals surface area contributed by atoms with E-state index in [4.69, 9.17) is 4.74 Å². The van der Waals surface area contributed by atoms with Crippen molar-refractivity contribution in [2.75, 3.05) is 6.54 Å². The number of benzene rings is 1. The lowest BCUT2D eigenvalue weighted by Crippen LogP contribution is -2.32. The average molecular weight is 237 g/mol. The Morgan fingerprint density at radius 3 is 2.82 bits per heavy atom. The van der Waals surface area contributed by atoms with Crippen LogP contribution in [0.4, 0.5) is 4.39 Å². The minimum atomic E-state index is -1.31. The number of alkyl halides is 1. The first-order valence-electron chi connectivity index (χ1n) is 5.70. The molecule has 1 aromatic carbocycles. The molecule has 0 bridgehead atoms. The number of carbonyl (C=O) groups is 1. The van der Waals surface area contributed by atoms with Crippen molar-refractivity contribution < 1.29 is 13.9 Å². The largest absolute Gasteiger partial charge is 0.460 e. The van der Waals surface area contributed by atoms with Crippen LogP contribution < -0.4 is 5.32 Å². The number of halogens is 1. The van der Waals surface area contributed by atoms with Crippen molar-refractivity contribution in [2.45, 2.75) is 31.7 Å². The Kier molecular flexibility index (Phi) is 3.43. The Balaban J connectivity index is 1.83. The van der Waals surface area contributed by atoms with Crippen molar-refractivity contribution in [2.24, 2.45) is 0 Å². The van der Waals surface area contributed by atoms with Gasteiger partial charge in [0, 0.05) is 13.0 Å². The first-order valence-corrected chi connectivity index (χ1v) is 5.70. The Labute approximate surface area is 100.0 Å². The van der Waals surface area contributed by atoms with Crippen LogP contribution in [0.1, 0.15) is 18.9 Å². The number of ether oxygens (including phenoxy) is 1. The first-order chi connectivity index (χ1) is 8.07. The van der Waals surface area contributed by atoms with Crippen LogP contribution in [0.3, 0.4) is 0 Å². The second-order valence-electron chi connectivity index (χ2n) is 4.64. The zero-order valence-corrected chi connectivity index (χ0v) is 9.78. The molecule has 17 heavy (non-hydrogen) atoms. The van der Waals surface area contributed by atoms with Gasteiger partial charge in [-0.15, -0.1) is 0 Å². The summed E-state index contributed by atoms with van der Waals surface area (Å²) in [5.41, 5.74) is -0.377. The number of carbonyl (C=O) groups excluding carboxylic acids is 1. The zero-order chi connectivity index (χ0) is 12.3. The highest BCUT2D eigenvalue weighted by Gasteiger charge is 2.39. The van der Waals surface area contributed by atoms with E-state index in [0.717, 1.165) is 5.56 Å². The van der Waals surface area contributed by atoms with Crippen molar-refractivity contribution in [1.82, 2.24) is 5.32 Å². The standard InChI is InChI=1S/C13H16FNO2/c1-13(14)7-11(15-9-13)12(16)17-8-10-5-3-2-4-6-10/h2-6,11,15H,7-9H2,1H3/t11-,13+/m0/s1. The number of hydrogen-bond acceptors (Lipinski definition) is 3. The summed E-state index contributed by atoms with van der Waals surface area (Å²) in [4.78, 5) is 11.7. The normalized spacial score (nSPS) is 28.0. The van der Waals surface area contributed by atoms with Crippen LogP contribution in [0.15, 0.2) is 30.3 Å². The lowest BCUT2D eigenvalue weighted by molar-refractivity contribution is -0.147. The molecule has 1 aromatic rings. The van der Waals surface area contributed by atoms with Crippen molar-refractivity contribution in [1.29, 1.82) is 0 Å². The molecule has 0 radical (unpaired) electrons. The van der Waals surface area contributed by atoms with E-state index in [0.29, 0.717) is 0 Å². The zero-order valence-electron chi connectivity index (χ0n) is 9.78. The van der Waals surface area contributed by atoms with Crippen LogP contribution in [0.2, 0.25) is 0 Å². The van der Waals surface area contributed by atoms with E-state index in [1.165, 1.54) is 6.92 Å². The molecule has 1 aliphatic rings. The lowest BCUT2D eigenvalue weighted by Gasteiger charge is -2.11. The van der Waals surface area contributed by atoms with E-state index in [2.05, 4.69) is 5.32 Å². The average Bonchev–Trinajstić information content (AvgIpc) is 2.68. The highest BCUT2D eigenvalue weighted by molar-refractivity contribution is 5.76. The van der Waals surface area contributed by atoms with Gasteiger partial charge >= 0.3 is 5.97 Å². The molecule has 0 saturated carbocycles. The van der Waals surface area contributed by atoms with E-state index in [1.54, 1.807) is 0 Å². The van der Waals surface area contributed by atoms with Crippen LogP contribution in [0.25, 0.3) is 0 Å². The number of rotatable bonds is 3. The third kappa shape index (κ3) is 3.27. The van der Waals surface area contributed by atoms with Gasteiger partial charge in [-0.05, 0) is 12.5 Å². The summed E-state index contributed by atoms with van der Waals surface area (Å²) in [5, 5.41) is 2.83. The van der Waals surface area contributed by atoms with E-state index < -0.39 is 11.7 Å².